The summed E-state index contributed by atoms with van der Waals surface area (Å²) in [6.07, 6.45) is 1.39. The summed E-state index contributed by atoms with van der Waals surface area (Å²) in [6, 6.07) is 12.7. The van der Waals surface area contributed by atoms with Crippen LogP contribution in [0.3, 0.4) is 0 Å². The van der Waals surface area contributed by atoms with Gasteiger partial charge in [0.1, 0.15) is 5.75 Å². The van der Waals surface area contributed by atoms with Gasteiger partial charge in [-0.05, 0) is 24.6 Å². The average Bonchev–Trinajstić information content (AvgIpc) is 3.27. The molecule has 7 nitrogen and oxygen atoms in total. The molecule has 0 radical (unpaired) electrons. The van der Waals surface area contributed by atoms with Crippen molar-refractivity contribution in [1.82, 2.24) is 10.2 Å². The van der Waals surface area contributed by atoms with Crippen molar-refractivity contribution in [2.24, 2.45) is 0 Å². The number of nitrogens with zero attached hydrogens (tertiary/aromatic N) is 2. The molecule has 3 aromatic rings. The van der Waals surface area contributed by atoms with E-state index in [-0.39, 0.29) is 11.8 Å². The number of rotatable bonds is 4. The highest BCUT2D eigenvalue weighted by Crippen LogP contribution is 2.34. The highest BCUT2D eigenvalue weighted by Gasteiger charge is 2.24. The van der Waals surface area contributed by atoms with Gasteiger partial charge < -0.3 is 15.0 Å². The molecule has 1 saturated heterocycles. The smallest absolute Gasteiger partial charge is 0.276 e. The van der Waals surface area contributed by atoms with Crippen LogP contribution in [0.5, 0.6) is 5.75 Å². The molecule has 1 aromatic heterocycles. The molecule has 2 amide bonds. The number of benzene rings is 2. The summed E-state index contributed by atoms with van der Waals surface area (Å²) in [5.74, 6) is 0.322. The van der Waals surface area contributed by atoms with E-state index in [0.29, 0.717) is 30.1 Å². The Morgan fingerprint density at radius 3 is 2.88 bits per heavy atom. The predicted octanol–water partition coefficient (Wildman–Crippen LogP) is 2.95. The summed E-state index contributed by atoms with van der Waals surface area (Å²) in [6.45, 7) is 0.681. The van der Waals surface area contributed by atoms with Crippen LogP contribution in [0.4, 0.5) is 11.4 Å². The molecule has 0 saturated carbocycles. The van der Waals surface area contributed by atoms with E-state index in [1.54, 1.807) is 30.2 Å². The van der Waals surface area contributed by atoms with Gasteiger partial charge in [0.15, 0.2) is 5.69 Å². The second-order valence-electron chi connectivity index (χ2n) is 6.11. The Balaban J connectivity index is 1.60. The molecular formula is C19H18N4O3. The molecule has 1 aliphatic rings. The van der Waals surface area contributed by atoms with Crippen LogP contribution in [0, 0.1) is 0 Å². The van der Waals surface area contributed by atoms with Crippen molar-refractivity contribution in [1.29, 1.82) is 0 Å². The predicted molar refractivity (Wildman–Crippen MR) is 98.6 cm³/mol. The van der Waals surface area contributed by atoms with Gasteiger partial charge in [0, 0.05) is 30.1 Å². The summed E-state index contributed by atoms with van der Waals surface area (Å²) in [5.41, 5.74) is 2.43. The molecule has 26 heavy (non-hydrogen) atoms. The van der Waals surface area contributed by atoms with E-state index in [4.69, 9.17) is 4.74 Å². The van der Waals surface area contributed by atoms with Crippen LogP contribution in [-0.2, 0) is 4.79 Å². The minimum Gasteiger partial charge on any atom is -0.494 e. The third-order valence-electron chi connectivity index (χ3n) is 4.49. The Morgan fingerprint density at radius 2 is 2.12 bits per heavy atom. The van der Waals surface area contributed by atoms with Crippen molar-refractivity contribution in [3.63, 3.8) is 0 Å². The molecule has 1 aliphatic heterocycles. The first-order valence-corrected chi connectivity index (χ1v) is 8.40. The summed E-state index contributed by atoms with van der Waals surface area (Å²) < 4.78 is 5.42. The number of carbonyl (C=O) groups is 2. The van der Waals surface area contributed by atoms with Crippen LogP contribution in [0.25, 0.3) is 10.9 Å². The van der Waals surface area contributed by atoms with Gasteiger partial charge >= 0.3 is 0 Å². The Bertz CT molecular complexity index is 995. The van der Waals surface area contributed by atoms with Crippen LogP contribution < -0.4 is 15.0 Å². The Labute approximate surface area is 149 Å². The quantitative estimate of drug-likeness (QED) is 0.757. The summed E-state index contributed by atoms with van der Waals surface area (Å²) in [4.78, 5) is 26.3. The second-order valence-corrected chi connectivity index (χ2v) is 6.11. The number of aromatic nitrogens is 2. The van der Waals surface area contributed by atoms with Gasteiger partial charge in [-0.2, -0.15) is 5.10 Å². The van der Waals surface area contributed by atoms with E-state index in [2.05, 4.69) is 15.5 Å². The summed E-state index contributed by atoms with van der Waals surface area (Å²) in [7, 11) is 1.55. The zero-order valence-electron chi connectivity index (χ0n) is 14.3. The fourth-order valence-electron chi connectivity index (χ4n) is 3.21. The molecule has 0 spiro atoms. The maximum absolute atomic E-state index is 12.6. The van der Waals surface area contributed by atoms with Gasteiger partial charge in [0.25, 0.3) is 5.91 Å². The van der Waals surface area contributed by atoms with Crippen LogP contribution in [0.1, 0.15) is 23.3 Å². The lowest BCUT2D eigenvalue weighted by atomic mass is 10.2. The monoisotopic (exact) mass is 350 g/mol. The number of hydrogen-bond acceptors (Lipinski definition) is 4. The lowest BCUT2D eigenvalue weighted by molar-refractivity contribution is -0.117. The number of methoxy groups -OCH3 is 1. The second kappa shape index (κ2) is 6.51. The third kappa shape index (κ3) is 2.77. The molecule has 2 aromatic carbocycles. The molecule has 0 atom stereocenters. The van der Waals surface area contributed by atoms with Gasteiger partial charge in [0.2, 0.25) is 5.91 Å². The molecule has 0 bridgehead atoms. The molecule has 1 fully saturated rings. The standard InChI is InChI=1S/C19H18N4O3/c1-26-16-11-12(8-9-15(16)23-10-4-7-17(23)24)20-19(25)18-13-5-2-3-6-14(13)21-22-18/h2-3,5-6,8-9,11H,4,7,10H2,1H3,(H,20,25)(H,21,22). The number of nitrogens with one attached hydrogen (secondary N) is 2. The van der Waals surface area contributed by atoms with E-state index in [1.807, 2.05) is 24.3 Å². The zero-order valence-corrected chi connectivity index (χ0v) is 14.3. The van der Waals surface area contributed by atoms with Crippen molar-refractivity contribution in [3.8, 4) is 5.75 Å². The van der Waals surface area contributed by atoms with Crippen molar-refractivity contribution in [3.05, 3.63) is 48.2 Å². The van der Waals surface area contributed by atoms with Gasteiger partial charge in [-0.15, -0.1) is 0 Å². The average molecular weight is 350 g/mol. The number of amides is 2. The molecule has 2 heterocycles. The first-order chi connectivity index (χ1) is 12.7. The molecule has 2 N–H and O–H groups in total. The van der Waals surface area contributed by atoms with Crippen LogP contribution in [0.15, 0.2) is 42.5 Å². The first-order valence-electron chi connectivity index (χ1n) is 8.40. The summed E-state index contributed by atoms with van der Waals surface area (Å²) >= 11 is 0. The van der Waals surface area contributed by atoms with E-state index >= 15 is 0 Å². The van der Waals surface area contributed by atoms with Gasteiger partial charge in [-0.3, -0.25) is 14.7 Å². The van der Waals surface area contributed by atoms with Gasteiger partial charge in [0.05, 0.1) is 18.3 Å². The van der Waals surface area contributed by atoms with Crippen LogP contribution in [-0.4, -0.2) is 35.7 Å². The highest BCUT2D eigenvalue weighted by molar-refractivity contribution is 6.11. The number of ether oxygens (including phenoxy) is 1. The summed E-state index contributed by atoms with van der Waals surface area (Å²) in [5, 5.41) is 10.5. The van der Waals surface area contributed by atoms with Crippen molar-refractivity contribution in [2.75, 3.05) is 23.9 Å². The number of hydrogen-bond donors (Lipinski definition) is 2. The van der Waals surface area contributed by atoms with Gasteiger partial charge in [-0.25, -0.2) is 0 Å². The number of H-pyrrole nitrogens is 1. The zero-order chi connectivity index (χ0) is 18.1. The topological polar surface area (TPSA) is 87.3 Å². The van der Waals surface area contributed by atoms with Crippen LogP contribution >= 0.6 is 0 Å². The third-order valence-corrected chi connectivity index (χ3v) is 4.49. The molecule has 132 valence electrons. The van der Waals surface area contributed by atoms with Crippen LogP contribution in [0.2, 0.25) is 0 Å². The maximum Gasteiger partial charge on any atom is 0.276 e. The van der Waals surface area contributed by atoms with E-state index in [1.165, 1.54) is 0 Å². The van der Waals surface area contributed by atoms with Crippen molar-refractivity contribution in [2.45, 2.75) is 12.8 Å². The number of anilines is 2. The Hall–Kier alpha value is -3.35. The first kappa shape index (κ1) is 16.1. The number of fused-ring (bicyclic) bond motifs is 1. The molecular weight excluding hydrogens is 332 g/mol. The molecule has 4 rings (SSSR count). The maximum atomic E-state index is 12.6. The van der Waals surface area contributed by atoms with Crippen molar-refractivity contribution < 1.29 is 14.3 Å². The van der Waals surface area contributed by atoms with E-state index in [0.717, 1.165) is 23.0 Å². The van der Waals surface area contributed by atoms with E-state index in [9.17, 15) is 9.59 Å². The lowest BCUT2D eigenvalue weighted by Gasteiger charge is -2.19. The largest absolute Gasteiger partial charge is 0.494 e. The Kier molecular flexibility index (Phi) is 4.04. The van der Waals surface area contributed by atoms with Gasteiger partial charge in [-0.1, -0.05) is 18.2 Å². The fourth-order valence-corrected chi connectivity index (χ4v) is 3.21. The molecule has 7 heteroatoms. The van der Waals surface area contributed by atoms with E-state index < -0.39 is 0 Å². The minimum atomic E-state index is -0.311. The van der Waals surface area contributed by atoms with Crippen molar-refractivity contribution >= 4 is 34.1 Å². The normalized spacial score (nSPS) is 14.0. The number of aromatic amines is 1. The SMILES string of the molecule is COc1cc(NC(=O)c2n[nH]c3ccccc23)ccc1N1CCCC1=O. The Morgan fingerprint density at radius 1 is 1.27 bits per heavy atom. The lowest BCUT2D eigenvalue weighted by Crippen LogP contribution is -2.24. The highest BCUT2D eigenvalue weighted by atomic mass is 16.5. The molecule has 0 aliphatic carbocycles. The fraction of sp³-hybridized carbons (Fsp3) is 0.211. The number of para-hydroxylation sites is 1. The number of carbonyl (C=O) groups excluding carboxylic acids is 2. The molecule has 0 unspecified atom stereocenters. The minimum absolute atomic E-state index is 0.0862.